The fourth-order valence-corrected chi connectivity index (χ4v) is 1.58. The van der Waals surface area contributed by atoms with Crippen molar-refractivity contribution in [3.05, 3.63) is 36.7 Å². The van der Waals surface area contributed by atoms with Gasteiger partial charge in [0.25, 0.3) is 0 Å². The molecular weight excluding hydrogens is 256 g/mol. The molecule has 0 saturated carbocycles. The molecule has 0 bridgehead atoms. The summed E-state index contributed by atoms with van der Waals surface area (Å²) >= 11 is 0. The number of sulfonamides is 1. The topological polar surface area (TPSA) is 100 Å². The number of hydrogen-bond donors (Lipinski definition) is 1. The van der Waals surface area contributed by atoms with Gasteiger partial charge in [-0.15, -0.1) is 5.10 Å². The van der Waals surface area contributed by atoms with Gasteiger partial charge in [-0.25, -0.2) is 18.2 Å². The standard InChI is InChI=1S/C10H12N4O3S/c11-18(15,16)7-6-17-10-12-8-14(13-10)9-4-2-1-3-5-9/h1-5,8H,6-7H2,(H2,11,15,16). The fourth-order valence-electron chi connectivity index (χ4n) is 1.27. The third-order valence-electron chi connectivity index (χ3n) is 2.09. The lowest BCUT2D eigenvalue weighted by molar-refractivity contribution is 0.313. The average Bonchev–Trinajstić information content (AvgIpc) is 2.77. The Kier molecular flexibility index (Phi) is 3.58. The number of para-hydroxylation sites is 1. The molecule has 0 fully saturated rings. The van der Waals surface area contributed by atoms with E-state index in [2.05, 4.69) is 10.1 Å². The molecule has 0 unspecified atom stereocenters. The zero-order valence-electron chi connectivity index (χ0n) is 9.43. The maximum absolute atomic E-state index is 10.7. The number of nitrogens with zero attached hydrogens (tertiary/aromatic N) is 3. The molecule has 2 N–H and O–H groups in total. The highest BCUT2D eigenvalue weighted by molar-refractivity contribution is 7.89. The normalized spacial score (nSPS) is 11.4. The van der Waals surface area contributed by atoms with Crippen LogP contribution >= 0.6 is 0 Å². The second-order valence-corrected chi connectivity index (χ2v) is 5.26. The average molecular weight is 268 g/mol. The molecule has 18 heavy (non-hydrogen) atoms. The summed E-state index contributed by atoms with van der Waals surface area (Å²) in [7, 11) is -3.53. The lowest BCUT2D eigenvalue weighted by Crippen LogP contribution is -2.21. The van der Waals surface area contributed by atoms with Crippen LogP contribution in [-0.2, 0) is 10.0 Å². The van der Waals surface area contributed by atoms with Gasteiger partial charge in [0.05, 0.1) is 11.4 Å². The van der Waals surface area contributed by atoms with E-state index in [9.17, 15) is 8.42 Å². The molecule has 7 nitrogen and oxygen atoms in total. The Morgan fingerprint density at radius 3 is 2.67 bits per heavy atom. The third-order valence-corrected chi connectivity index (χ3v) is 2.83. The Labute approximate surface area is 104 Å². The van der Waals surface area contributed by atoms with Gasteiger partial charge in [0.1, 0.15) is 12.9 Å². The first-order valence-corrected chi connectivity index (χ1v) is 6.86. The van der Waals surface area contributed by atoms with E-state index in [0.29, 0.717) is 0 Å². The summed E-state index contributed by atoms with van der Waals surface area (Å²) in [6, 6.07) is 9.48. The van der Waals surface area contributed by atoms with Crippen LogP contribution in [0.4, 0.5) is 0 Å². The van der Waals surface area contributed by atoms with E-state index >= 15 is 0 Å². The Hall–Kier alpha value is -1.93. The number of hydrogen-bond acceptors (Lipinski definition) is 5. The minimum Gasteiger partial charge on any atom is -0.461 e. The fraction of sp³-hybridized carbons (Fsp3) is 0.200. The number of aromatic nitrogens is 3. The zero-order valence-corrected chi connectivity index (χ0v) is 10.2. The van der Waals surface area contributed by atoms with Gasteiger partial charge < -0.3 is 4.74 Å². The van der Waals surface area contributed by atoms with Crippen molar-refractivity contribution < 1.29 is 13.2 Å². The molecule has 0 spiro atoms. The van der Waals surface area contributed by atoms with E-state index in [1.807, 2.05) is 30.3 Å². The minimum absolute atomic E-state index is 0.0718. The molecule has 2 rings (SSSR count). The molecule has 2 aromatic rings. The van der Waals surface area contributed by atoms with Crippen LogP contribution < -0.4 is 9.88 Å². The molecule has 1 aromatic heterocycles. The van der Waals surface area contributed by atoms with Crippen LogP contribution in [0.1, 0.15) is 0 Å². The zero-order chi connectivity index (χ0) is 13.0. The van der Waals surface area contributed by atoms with Crippen LogP contribution in [-0.4, -0.2) is 35.5 Å². The summed E-state index contributed by atoms with van der Waals surface area (Å²) in [5.74, 6) is -0.271. The lowest BCUT2D eigenvalue weighted by atomic mass is 10.3. The van der Waals surface area contributed by atoms with Gasteiger partial charge in [-0.05, 0) is 12.1 Å². The van der Waals surface area contributed by atoms with Crippen molar-refractivity contribution in [2.24, 2.45) is 5.14 Å². The van der Waals surface area contributed by atoms with Gasteiger partial charge in [-0.3, -0.25) is 0 Å². The van der Waals surface area contributed by atoms with Gasteiger partial charge in [-0.2, -0.15) is 4.98 Å². The summed E-state index contributed by atoms with van der Waals surface area (Å²) < 4.78 is 28.0. The van der Waals surface area contributed by atoms with Crippen molar-refractivity contribution in [2.75, 3.05) is 12.4 Å². The van der Waals surface area contributed by atoms with Gasteiger partial charge >= 0.3 is 6.01 Å². The predicted octanol–water partition coefficient (Wildman–Crippen LogP) is -0.0654. The molecule has 0 radical (unpaired) electrons. The van der Waals surface area contributed by atoms with Crippen molar-refractivity contribution in [3.8, 4) is 11.7 Å². The number of benzene rings is 1. The van der Waals surface area contributed by atoms with Crippen molar-refractivity contribution in [2.45, 2.75) is 0 Å². The Morgan fingerprint density at radius 1 is 1.28 bits per heavy atom. The maximum atomic E-state index is 10.7. The molecule has 1 aromatic carbocycles. The summed E-state index contributed by atoms with van der Waals surface area (Å²) in [5, 5.41) is 8.89. The van der Waals surface area contributed by atoms with Crippen molar-refractivity contribution >= 4 is 10.0 Å². The maximum Gasteiger partial charge on any atom is 0.335 e. The molecule has 0 aliphatic carbocycles. The van der Waals surface area contributed by atoms with Crippen LogP contribution in [0.2, 0.25) is 0 Å². The van der Waals surface area contributed by atoms with E-state index < -0.39 is 10.0 Å². The van der Waals surface area contributed by atoms with Gasteiger partial charge in [0.15, 0.2) is 0 Å². The smallest absolute Gasteiger partial charge is 0.335 e. The first-order valence-electron chi connectivity index (χ1n) is 5.15. The lowest BCUT2D eigenvalue weighted by Gasteiger charge is -2.00. The first kappa shape index (κ1) is 12.5. The highest BCUT2D eigenvalue weighted by atomic mass is 32.2. The van der Waals surface area contributed by atoms with Crippen LogP contribution in [0.25, 0.3) is 5.69 Å². The van der Waals surface area contributed by atoms with E-state index in [0.717, 1.165) is 5.69 Å². The van der Waals surface area contributed by atoms with Gasteiger partial charge in [0.2, 0.25) is 10.0 Å². The predicted molar refractivity (Wildman–Crippen MR) is 64.8 cm³/mol. The number of primary sulfonamides is 1. The quantitative estimate of drug-likeness (QED) is 0.818. The van der Waals surface area contributed by atoms with Crippen molar-refractivity contribution in [3.63, 3.8) is 0 Å². The van der Waals surface area contributed by atoms with E-state index in [1.54, 1.807) is 0 Å². The van der Waals surface area contributed by atoms with Crippen LogP contribution in [0.5, 0.6) is 6.01 Å². The molecule has 0 aliphatic rings. The molecule has 0 atom stereocenters. The first-order chi connectivity index (χ1) is 8.54. The largest absolute Gasteiger partial charge is 0.461 e. The second kappa shape index (κ2) is 5.15. The van der Waals surface area contributed by atoms with Gasteiger partial charge in [0, 0.05) is 0 Å². The summed E-state index contributed by atoms with van der Waals surface area (Å²) in [5.41, 5.74) is 0.839. The third kappa shape index (κ3) is 3.54. The van der Waals surface area contributed by atoms with E-state index in [-0.39, 0.29) is 18.4 Å². The Bertz CT molecular complexity index is 609. The molecule has 0 saturated heterocycles. The monoisotopic (exact) mass is 268 g/mol. The molecule has 96 valence electrons. The minimum atomic E-state index is -3.53. The summed E-state index contributed by atoms with van der Waals surface area (Å²) in [6.45, 7) is -0.0718. The van der Waals surface area contributed by atoms with Crippen LogP contribution in [0.3, 0.4) is 0 Å². The molecule has 0 amide bonds. The van der Waals surface area contributed by atoms with Crippen molar-refractivity contribution in [1.29, 1.82) is 0 Å². The molecular formula is C10H12N4O3S. The van der Waals surface area contributed by atoms with Crippen molar-refractivity contribution in [1.82, 2.24) is 14.8 Å². The number of nitrogens with two attached hydrogens (primary N) is 1. The molecule has 0 aliphatic heterocycles. The highest BCUT2D eigenvalue weighted by Gasteiger charge is 2.06. The molecule has 8 heteroatoms. The van der Waals surface area contributed by atoms with Crippen LogP contribution in [0, 0.1) is 0 Å². The SMILES string of the molecule is NS(=O)(=O)CCOc1ncn(-c2ccccc2)n1. The number of ether oxygens (including phenoxy) is 1. The second-order valence-electron chi connectivity index (χ2n) is 3.52. The van der Waals surface area contributed by atoms with Crippen LogP contribution in [0.15, 0.2) is 36.7 Å². The number of rotatable bonds is 5. The highest BCUT2D eigenvalue weighted by Crippen LogP contribution is 2.07. The van der Waals surface area contributed by atoms with Gasteiger partial charge in [-0.1, -0.05) is 18.2 Å². The molecule has 1 heterocycles. The van der Waals surface area contributed by atoms with E-state index in [4.69, 9.17) is 9.88 Å². The Balaban J connectivity index is 1.99. The summed E-state index contributed by atoms with van der Waals surface area (Å²) in [6.07, 6.45) is 1.49. The summed E-state index contributed by atoms with van der Waals surface area (Å²) in [4.78, 5) is 3.91. The van der Waals surface area contributed by atoms with E-state index in [1.165, 1.54) is 11.0 Å². The Morgan fingerprint density at radius 2 is 2.00 bits per heavy atom.